The van der Waals surface area contributed by atoms with Crippen molar-refractivity contribution in [2.24, 2.45) is 0 Å². The van der Waals surface area contributed by atoms with Gasteiger partial charge in [0.25, 0.3) is 0 Å². The zero-order valence-electron chi connectivity index (χ0n) is 11.3. The van der Waals surface area contributed by atoms with E-state index < -0.39 is 0 Å². The Labute approximate surface area is 136 Å². The number of rotatable bonds is 2. The first kappa shape index (κ1) is 15.5. The van der Waals surface area contributed by atoms with Crippen LogP contribution in [-0.4, -0.2) is 9.97 Å². The zero-order chi connectivity index (χ0) is 14.9. The molecule has 106 valence electrons. The van der Waals surface area contributed by atoms with Crippen LogP contribution in [0.2, 0.25) is 10.0 Å². The number of hydrogen-bond acceptors (Lipinski definition) is 3. The summed E-state index contributed by atoms with van der Waals surface area (Å²) < 4.78 is 0.730. The molecule has 0 saturated heterocycles. The molecule has 1 aromatic heterocycles. The van der Waals surface area contributed by atoms with Crippen LogP contribution in [0.5, 0.6) is 0 Å². The molecule has 0 fully saturated rings. The molecule has 0 unspecified atom stereocenters. The molecule has 1 heterocycles. The summed E-state index contributed by atoms with van der Waals surface area (Å²) in [5, 5.41) is 4.34. The van der Waals surface area contributed by atoms with Crippen LogP contribution < -0.4 is 5.32 Å². The maximum Gasteiger partial charge on any atom is 0.137 e. The van der Waals surface area contributed by atoms with Crippen LogP contribution in [0.4, 0.5) is 11.5 Å². The summed E-state index contributed by atoms with van der Waals surface area (Å²) in [6.45, 7) is 6.19. The van der Waals surface area contributed by atoms with Crippen molar-refractivity contribution in [2.75, 3.05) is 5.32 Å². The fraction of sp³-hybridized carbons (Fsp3) is 0.286. The van der Waals surface area contributed by atoms with E-state index in [-0.39, 0.29) is 5.41 Å². The van der Waals surface area contributed by atoms with E-state index >= 15 is 0 Å². The van der Waals surface area contributed by atoms with Gasteiger partial charge in [0.05, 0.1) is 0 Å². The summed E-state index contributed by atoms with van der Waals surface area (Å²) in [5.41, 5.74) is 0.652. The van der Waals surface area contributed by atoms with Crippen molar-refractivity contribution in [1.82, 2.24) is 9.97 Å². The molecule has 0 radical (unpaired) electrons. The van der Waals surface area contributed by atoms with Crippen LogP contribution >= 0.6 is 39.1 Å². The van der Waals surface area contributed by atoms with E-state index in [9.17, 15) is 0 Å². The molecule has 0 atom stereocenters. The van der Waals surface area contributed by atoms with E-state index in [0.29, 0.717) is 15.9 Å². The molecule has 0 aliphatic heterocycles. The molecule has 1 N–H and O–H groups in total. The second kappa shape index (κ2) is 5.88. The van der Waals surface area contributed by atoms with Crippen LogP contribution in [0.1, 0.15) is 26.6 Å². The first-order valence-corrected chi connectivity index (χ1v) is 7.57. The Balaban J connectivity index is 2.36. The predicted molar refractivity (Wildman–Crippen MR) is 88.2 cm³/mol. The fourth-order valence-corrected chi connectivity index (χ4v) is 2.50. The third kappa shape index (κ3) is 4.08. The van der Waals surface area contributed by atoms with Crippen molar-refractivity contribution in [3.63, 3.8) is 0 Å². The Morgan fingerprint density at radius 2 is 1.60 bits per heavy atom. The molecular weight excluding hydrogens is 361 g/mol. The minimum Gasteiger partial charge on any atom is -0.340 e. The lowest BCUT2D eigenvalue weighted by molar-refractivity contribution is 0.544. The lowest BCUT2D eigenvalue weighted by atomic mass is 9.96. The lowest BCUT2D eigenvalue weighted by Crippen LogP contribution is -2.16. The summed E-state index contributed by atoms with van der Waals surface area (Å²) in [4.78, 5) is 8.92. The third-order valence-corrected chi connectivity index (χ3v) is 3.34. The summed E-state index contributed by atoms with van der Waals surface area (Å²) in [7, 11) is 0. The Morgan fingerprint density at radius 3 is 2.15 bits per heavy atom. The van der Waals surface area contributed by atoms with Gasteiger partial charge in [-0.25, -0.2) is 9.97 Å². The van der Waals surface area contributed by atoms with Crippen LogP contribution in [0.15, 0.2) is 28.9 Å². The molecule has 0 aliphatic rings. The van der Waals surface area contributed by atoms with E-state index in [1.165, 1.54) is 0 Å². The van der Waals surface area contributed by atoms with Gasteiger partial charge in [0.2, 0.25) is 0 Å². The molecule has 1 aromatic carbocycles. The Kier molecular flexibility index (Phi) is 4.57. The molecular formula is C14H14BrCl2N3. The summed E-state index contributed by atoms with van der Waals surface area (Å²) >= 11 is 15.4. The van der Waals surface area contributed by atoms with Gasteiger partial charge in [-0.1, -0.05) is 44.0 Å². The second-order valence-corrected chi connectivity index (χ2v) is 7.12. The number of hydrogen-bond donors (Lipinski definition) is 1. The highest BCUT2D eigenvalue weighted by Gasteiger charge is 2.18. The first-order chi connectivity index (χ1) is 9.24. The highest BCUT2D eigenvalue weighted by molar-refractivity contribution is 9.10. The van der Waals surface area contributed by atoms with E-state index in [1.54, 1.807) is 18.2 Å². The van der Waals surface area contributed by atoms with Gasteiger partial charge in [0.15, 0.2) is 0 Å². The highest BCUT2D eigenvalue weighted by Crippen LogP contribution is 2.27. The Bertz CT molecular complexity index is 619. The number of benzene rings is 1. The molecule has 0 spiro atoms. The van der Waals surface area contributed by atoms with Crippen LogP contribution in [0, 0.1) is 0 Å². The molecule has 2 rings (SSSR count). The average Bonchev–Trinajstić information content (AvgIpc) is 2.25. The van der Waals surface area contributed by atoms with Gasteiger partial charge in [-0.05, 0) is 34.1 Å². The van der Waals surface area contributed by atoms with E-state index in [0.717, 1.165) is 16.1 Å². The smallest absolute Gasteiger partial charge is 0.137 e. The molecule has 0 amide bonds. The number of nitrogens with one attached hydrogen (secondary N) is 1. The monoisotopic (exact) mass is 373 g/mol. The predicted octanol–water partition coefficient (Wildman–Crippen LogP) is 5.59. The lowest BCUT2D eigenvalue weighted by Gasteiger charge is -2.18. The van der Waals surface area contributed by atoms with Crippen LogP contribution in [0.3, 0.4) is 0 Å². The van der Waals surface area contributed by atoms with Crippen molar-refractivity contribution in [3.8, 4) is 0 Å². The van der Waals surface area contributed by atoms with Gasteiger partial charge in [-0.3, -0.25) is 0 Å². The summed E-state index contributed by atoms with van der Waals surface area (Å²) in [5.74, 6) is 1.44. The molecule has 3 nitrogen and oxygen atoms in total. The van der Waals surface area contributed by atoms with Crippen LogP contribution in [0.25, 0.3) is 0 Å². The van der Waals surface area contributed by atoms with Crippen molar-refractivity contribution >= 4 is 50.6 Å². The Hall–Kier alpha value is -0.840. The number of nitrogens with zero attached hydrogens (tertiary/aromatic N) is 2. The number of anilines is 2. The van der Waals surface area contributed by atoms with Gasteiger partial charge in [-0.15, -0.1) is 0 Å². The standard InChI is InChI=1S/C14H14BrCl2N3/c1-14(2,3)13-19-11(15)7-12(20-13)18-10-5-8(16)4-9(17)6-10/h4-7H,1-3H3,(H,18,19,20). The average molecular weight is 375 g/mol. The van der Waals surface area contributed by atoms with Gasteiger partial charge in [0.1, 0.15) is 16.2 Å². The van der Waals surface area contributed by atoms with E-state index in [4.69, 9.17) is 23.2 Å². The SMILES string of the molecule is CC(C)(C)c1nc(Br)cc(Nc2cc(Cl)cc(Cl)c2)n1. The summed E-state index contributed by atoms with van der Waals surface area (Å²) in [6.07, 6.45) is 0. The van der Waals surface area contributed by atoms with Gasteiger partial charge >= 0.3 is 0 Å². The van der Waals surface area contributed by atoms with Crippen molar-refractivity contribution in [2.45, 2.75) is 26.2 Å². The van der Waals surface area contributed by atoms with Gasteiger partial charge < -0.3 is 5.32 Å². The normalized spacial score (nSPS) is 11.5. The van der Waals surface area contributed by atoms with Crippen molar-refractivity contribution in [3.05, 3.63) is 44.7 Å². The molecule has 6 heteroatoms. The molecule has 2 aromatic rings. The molecule has 0 saturated carbocycles. The minimum absolute atomic E-state index is 0.133. The molecule has 20 heavy (non-hydrogen) atoms. The largest absolute Gasteiger partial charge is 0.340 e. The van der Waals surface area contributed by atoms with E-state index in [2.05, 4.69) is 52.0 Å². The number of aromatic nitrogens is 2. The zero-order valence-corrected chi connectivity index (χ0v) is 14.4. The third-order valence-electron chi connectivity index (χ3n) is 2.50. The maximum absolute atomic E-state index is 5.99. The maximum atomic E-state index is 5.99. The topological polar surface area (TPSA) is 37.8 Å². The van der Waals surface area contributed by atoms with Crippen molar-refractivity contribution in [1.29, 1.82) is 0 Å². The van der Waals surface area contributed by atoms with E-state index in [1.807, 2.05) is 6.07 Å². The number of halogens is 3. The molecule has 0 bridgehead atoms. The summed E-state index contributed by atoms with van der Waals surface area (Å²) in [6, 6.07) is 7.08. The van der Waals surface area contributed by atoms with Crippen molar-refractivity contribution < 1.29 is 0 Å². The van der Waals surface area contributed by atoms with Gasteiger partial charge in [0, 0.05) is 27.2 Å². The highest BCUT2D eigenvalue weighted by atomic mass is 79.9. The van der Waals surface area contributed by atoms with Gasteiger partial charge in [-0.2, -0.15) is 0 Å². The minimum atomic E-state index is -0.133. The first-order valence-electron chi connectivity index (χ1n) is 6.02. The van der Waals surface area contributed by atoms with Crippen LogP contribution in [-0.2, 0) is 5.41 Å². The molecule has 0 aliphatic carbocycles. The Morgan fingerprint density at radius 1 is 1.00 bits per heavy atom. The fourth-order valence-electron chi connectivity index (χ4n) is 1.59. The second-order valence-electron chi connectivity index (χ2n) is 5.43. The quantitative estimate of drug-likeness (QED) is 0.696.